The molecule has 85 valence electrons. The van der Waals surface area contributed by atoms with Crippen molar-refractivity contribution >= 4 is 22.3 Å². The molecular weight excluding hydrogens is 258 g/mol. The van der Waals surface area contributed by atoms with Gasteiger partial charge in [-0.2, -0.15) is 0 Å². The van der Waals surface area contributed by atoms with Gasteiger partial charge >= 0.3 is 103 Å². The Hall–Kier alpha value is -0.766. The zero-order valence-electron chi connectivity index (χ0n) is 9.11. The number of benzene rings is 2. The van der Waals surface area contributed by atoms with E-state index >= 15 is 0 Å². The van der Waals surface area contributed by atoms with Crippen molar-refractivity contribution < 1.29 is 13.6 Å². The molecule has 0 fully saturated rings. The number of hydrogen-bond donors (Lipinski definition) is 0. The Morgan fingerprint density at radius 1 is 0.812 bits per heavy atom. The van der Waals surface area contributed by atoms with E-state index in [1.165, 1.54) is 10.6 Å². The third-order valence-corrected chi connectivity index (χ3v) is 6.92. The number of rotatable bonds is 3. The molecule has 0 spiro atoms. The minimum absolute atomic E-state index is 0.269. The first kappa shape index (κ1) is 11.7. The summed E-state index contributed by atoms with van der Waals surface area (Å²) in [6.07, 6.45) is 0. The van der Waals surface area contributed by atoms with Gasteiger partial charge in [-0.05, 0) is 0 Å². The maximum atomic E-state index is 2.22. The summed E-state index contributed by atoms with van der Waals surface area (Å²) in [7, 11) is 0. The molecule has 0 N–H and O–H groups in total. The molecule has 0 bridgehead atoms. The summed E-state index contributed by atoms with van der Waals surface area (Å²) in [6, 6.07) is 21.5. The average Bonchev–Trinajstić information content (AvgIpc) is 2.38. The zero-order valence-corrected chi connectivity index (χ0v) is 11.0. The summed E-state index contributed by atoms with van der Waals surface area (Å²) in [5.74, 6) is 0. The molecule has 16 heavy (non-hydrogen) atoms. The van der Waals surface area contributed by atoms with E-state index in [9.17, 15) is 0 Å². The van der Waals surface area contributed by atoms with Crippen LogP contribution in [0, 0.1) is 0 Å². The van der Waals surface area contributed by atoms with Crippen molar-refractivity contribution in [2.24, 2.45) is 0 Å². The molecule has 0 radical (unpaired) electrons. The van der Waals surface area contributed by atoms with Crippen LogP contribution in [0.15, 0.2) is 60.7 Å². The van der Waals surface area contributed by atoms with Crippen molar-refractivity contribution in [2.45, 2.75) is 6.92 Å². The van der Waals surface area contributed by atoms with Crippen LogP contribution in [0.5, 0.6) is 0 Å². The third kappa shape index (κ3) is 2.88. The second kappa shape index (κ2) is 6.09. The fraction of sp³-hybridized carbons (Fsp3) is 0.0714. The fourth-order valence-corrected chi connectivity index (χ4v) is 5.44. The van der Waals surface area contributed by atoms with Gasteiger partial charge in [0.2, 0.25) is 0 Å². The van der Waals surface area contributed by atoms with Gasteiger partial charge < -0.3 is 0 Å². The predicted molar refractivity (Wildman–Crippen MR) is 70.8 cm³/mol. The Bertz CT molecular complexity index is 411. The van der Waals surface area contributed by atoms with Gasteiger partial charge in [0.25, 0.3) is 0 Å². The van der Waals surface area contributed by atoms with Crippen LogP contribution in [-0.4, -0.2) is 4.99 Å². The first-order chi connectivity index (χ1) is 7.92. The predicted octanol–water partition coefficient (Wildman–Crippen LogP) is 2.94. The molecule has 2 heteroatoms. The second-order valence-electron chi connectivity index (χ2n) is 3.19. The van der Waals surface area contributed by atoms with Crippen molar-refractivity contribution in [1.29, 1.82) is 0 Å². The molecule has 0 amide bonds. The molecular formula is C14H14NiP. The quantitative estimate of drug-likeness (QED) is 0.595. The first-order valence-corrected chi connectivity index (χ1v) is 8.24. The second-order valence-corrected chi connectivity index (χ2v) is 7.55. The normalized spacial score (nSPS) is 12.1. The van der Waals surface area contributed by atoms with E-state index in [4.69, 9.17) is 0 Å². The van der Waals surface area contributed by atoms with Gasteiger partial charge in [0.05, 0.1) is 0 Å². The van der Waals surface area contributed by atoms with Crippen LogP contribution in [0.25, 0.3) is 0 Å². The van der Waals surface area contributed by atoms with Crippen molar-refractivity contribution in [3.05, 3.63) is 60.7 Å². The Balaban J connectivity index is 2.39. The Labute approximate surface area is 103 Å². The first-order valence-electron chi connectivity index (χ1n) is 5.17. The van der Waals surface area contributed by atoms with Crippen LogP contribution in [0.2, 0.25) is 0 Å². The summed E-state index contributed by atoms with van der Waals surface area (Å²) in [4.78, 5) is 2.21. The molecule has 0 atom stereocenters. The molecule has 0 saturated carbocycles. The summed E-state index contributed by atoms with van der Waals surface area (Å²) in [5, 5.41) is 2.86. The van der Waals surface area contributed by atoms with E-state index in [2.05, 4.69) is 72.6 Å². The van der Waals surface area contributed by atoms with Gasteiger partial charge in [-0.25, -0.2) is 0 Å². The molecule has 0 unspecified atom stereocenters. The van der Waals surface area contributed by atoms with E-state index in [0.29, 0.717) is 0 Å². The molecule has 0 saturated heterocycles. The molecule has 0 heterocycles. The Morgan fingerprint density at radius 3 is 1.62 bits per heavy atom. The van der Waals surface area contributed by atoms with Crippen molar-refractivity contribution in [1.82, 2.24) is 0 Å². The van der Waals surface area contributed by atoms with Crippen molar-refractivity contribution in [3.63, 3.8) is 0 Å². The van der Waals surface area contributed by atoms with E-state index in [0.717, 1.165) is 0 Å². The van der Waals surface area contributed by atoms with Gasteiger partial charge in [0, 0.05) is 0 Å². The molecule has 0 nitrogen and oxygen atoms in total. The molecule has 0 aromatic heterocycles. The van der Waals surface area contributed by atoms with Crippen molar-refractivity contribution in [3.8, 4) is 0 Å². The van der Waals surface area contributed by atoms with Crippen LogP contribution in [0.3, 0.4) is 0 Å². The molecule has 2 aromatic carbocycles. The standard InChI is InChI=1S/C12H10P.C2H4.Ni/c1-3-7-11(8-4-1)13-12-9-5-2-6-10-12;1-2;/h1-10H;1H,2H3;/q-1;;+1. The monoisotopic (exact) mass is 271 g/mol. The third-order valence-electron chi connectivity index (χ3n) is 2.10. The van der Waals surface area contributed by atoms with E-state index in [-0.39, 0.29) is 6.70 Å². The van der Waals surface area contributed by atoms with Crippen LogP contribution in [0.4, 0.5) is 0 Å². The fourth-order valence-electron chi connectivity index (χ4n) is 1.42. The van der Waals surface area contributed by atoms with Crippen LogP contribution >= 0.6 is 6.70 Å². The SMILES string of the molecule is C[CH]=[Ni][P](c1ccccc1)c1ccccc1. The summed E-state index contributed by atoms with van der Waals surface area (Å²) in [5.41, 5.74) is 0. The Morgan fingerprint density at radius 2 is 1.25 bits per heavy atom. The molecule has 0 aliphatic carbocycles. The van der Waals surface area contributed by atoms with Gasteiger partial charge in [-0.1, -0.05) is 0 Å². The minimum atomic E-state index is -0.269. The van der Waals surface area contributed by atoms with E-state index in [1.54, 1.807) is 13.6 Å². The van der Waals surface area contributed by atoms with Gasteiger partial charge in [0.1, 0.15) is 0 Å². The zero-order chi connectivity index (χ0) is 11.2. The summed E-state index contributed by atoms with van der Waals surface area (Å²) < 4.78 is 0. The van der Waals surface area contributed by atoms with Crippen molar-refractivity contribution in [2.75, 3.05) is 0 Å². The molecule has 0 aliphatic heterocycles. The van der Waals surface area contributed by atoms with Crippen LogP contribution < -0.4 is 10.6 Å². The van der Waals surface area contributed by atoms with E-state index in [1.807, 2.05) is 0 Å². The average molecular weight is 272 g/mol. The number of hydrogen-bond acceptors (Lipinski definition) is 0. The summed E-state index contributed by atoms with van der Waals surface area (Å²) >= 11 is 1.73. The van der Waals surface area contributed by atoms with Gasteiger partial charge in [0.15, 0.2) is 0 Å². The molecule has 2 aromatic rings. The van der Waals surface area contributed by atoms with Gasteiger partial charge in [-0.3, -0.25) is 0 Å². The molecule has 0 aliphatic rings. The molecule has 2 rings (SSSR count). The topological polar surface area (TPSA) is 0 Å². The van der Waals surface area contributed by atoms with Crippen LogP contribution in [0.1, 0.15) is 6.92 Å². The van der Waals surface area contributed by atoms with Crippen LogP contribution in [-0.2, 0) is 13.6 Å². The Kier molecular flexibility index (Phi) is 4.46. The van der Waals surface area contributed by atoms with E-state index < -0.39 is 0 Å². The maximum absolute atomic E-state index is 2.22. The van der Waals surface area contributed by atoms with Gasteiger partial charge in [-0.15, -0.1) is 0 Å². The summed E-state index contributed by atoms with van der Waals surface area (Å²) in [6.45, 7) is 1.84.